The van der Waals surface area contributed by atoms with Crippen LogP contribution in [0.2, 0.25) is 0 Å². The van der Waals surface area contributed by atoms with Crippen LogP contribution >= 0.6 is 23.2 Å². The van der Waals surface area contributed by atoms with Crippen molar-refractivity contribution in [3.63, 3.8) is 0 Å². The van der Waals surface area contributed by atoms with E-state index in [0.717, 1.165) is 36.0 Å². The van der Waals surface area contributed by atoms with Crippen LogP contribution < -0.4 is 9.62 Å². The minimum atomic E-state index is -4.14. The summed E-state index contributed by atoms with van der Waals surface area (Å²) in [5.74, 6) is 0.00692. The molecule has 2 N–H and O–H groups in total. The molecule has 1 aliphatic heterocycles. The van der Waals surface area contributed by atoms with Crippen molar-refractivity contribution in [2.45, 2.75) is 24.5 Å². The number of hydrogen-bond donors (Lipinski definition) is 2. The molecule has 0 spiro atoms. The molecule has 1 aliphatic carbocycles. The summed E-state index contributed by atoms with van der Waals surface area (Å²) in [5.41, 5.74) is 0.989. The van der Waals surface area contributed by atoms with Crippen LogP contribution in [0.5, 0.6) is 0 Å². The lowest BCUT2D eigenvalue weighted by molar-refractivity contribution is -0.135. The number of aliphatic carboxylic acids is 1. The molecule has 0 bridgehead atoms. The lowest BCUT2D eigenvalue weighted by atomic mass is 10.2. The van der Waals surface area contributed by atoms with Gasteiger partial charge in [0.15, 0.2) is 5.82 Å². The Morgan fingerprint density at radius 3 is 2.62 bits per heavy atom. The van der Waals surface area contributed by atoms with Gasteiger partial charge in [-0.2, -0.15) is 0 Å². The van der Waals surface area contributed by atoms with Gasteiger partial charge < -0.3 is 15.3 Å². The number of likely N-dealkylation sites (tertiary alicyclic amines) is 1. The van der Waals surface area contributed by atoms with Crippen molar-refractivity contribution in [1.82, 2.24) is 19.7 Å². The van der Waals surface area contributed by atoms with Crippen LogP contribution in [0.1, 0.15) is 19.3 Å². The number of rotatable bonds is 10. The van der Waals surface area contributed by atoms with E-state index in [9.17, 15) is 18.3 Å². The van der Waals surface area contributed by atoms with E-state index in [4.69, 9.17) is 23.2 Å². The predicted octanol–water partition coefficient (Wildman–Crippen LogP) is 4.17. The topological polar surface area (TPSA) is 121 Å². The number of anilines is 2. The first-order valence-corrected chi connectivity index (χ1v) is 14.8. The van der Waals surface area contributed by atoms with E-state index in [2.05, 4.69) is 20.4 Å². The molecule has 1 saturated heterocycles. The number of halogens is 2. The number of aromatic nitrogens is 3. The van der Waals surface area contributed by atoms with Crippen LogP contribution in [-0.2, 0) is 14.8 Å². The normalized spacial score (nSPS) is 18.2. The maximum absolute atomic E-state index is 13.5. The molecule has 3 aromatic rings. The number of nitrogens with one attached hydrogen (secondary N) is 1. The van der Waals surface area contributed by atoms with Crippen molar-refractivity contribution in [3.05, 3.63) is 64.8 Å². The first-order valence-electron chi connectivity index (χ1n) is 12.6. The predicted molar refractivity (Wildman–Crippen MR) is 153 cm³/mol. The molecule has 0 amide bonds. The number of allylic oxidation sites excluding steroid dienone is 3. The summed E-state index contributed by atoms with van der Waals surface area (Å²) >= 11 is 12.1. The van der Waals surface area contributed by atoms with Crippen LogP contribution in [0.25, 0.3) is 16.7 Å². The molecule has 1 fully saturated rings. The molecule has 3 heterocycles. The number of carbonyl (C=O) groups is 1. The third-order valence-corrected chi connectivity index (χ3v) is 9.32. The molecule has 10 nitrogen and oxygen atoms in total. The molecule has 2 aliphatic rings. The van der Waals surface area contributed by atoms with Gasteiger partial charge in [-0.25, -0.2) is 8.42 Å². The van der Waals surface area contributed by atoms with Crippen LogP contribution in [0.3, 0.4) is 0 Å². The standard InChI is InChI=1S/C26H28Cl2N6O4S/c27-19-14-20(28)16-22(15-19)39(37,38)34(17-26(35)36)21-3-4-23-18(13-21)7-11-33(23)25-6-5-24(30-31-25)29-8-12-32-9-1-2-10-32/h3-7,11,13-15,22H,1-2,8-10,12,16-17H2,(H,29,30)(H,35,36). The highest BCUT2D eigenvalue weighted by Gasteiger charge is 2.34. The molecule has 5 rings (SSSR count). The van der Waals surface area contributed by atoms with E-state index in [1.54, 1.807) is 18.2 Å². The van der Waals surface area contributed by atoms with Crippen molar-refractivity contribution < 1.29 is 18.3 Å². The second-order valence-electron chi connectivity index (χ2n) is 9.51. The van der Waals surface area contributed by atoms with Gasteiger partial charge in [-0.1, -0.05) is 23.2 Å². The zero-order valence-electron chi connectivity index (χ0n) is 21.0. The summed E-state index contributed by atoms with van der Waals surface area (Å²) in [6, 6.07) is 10.5. The molecular formula is C26H28Cl2N6O4S. The van der Waals surface area contributed by atoms with E-state index in [1.165, 1.54) is 25.0 Å². The van der Waals surface area contributed by atoms with Crippen molar-refractivity contribution in [1.29, 1.82) is 0 Å². The van der Waals surface area contributed by atoms with Crippen LogP contribution in [0.4, 0.5) is 11.5 Å². The van der Waals surface area contributed by atoms with Gasteiger partial charge in [-0.3, -0.25) is 13.7 Å². The average molecular weight is 592 g/mol. The number of carboxylic acid groups (broad SMARTS) is 1. The maximum Gasteiger partial charge on any atom is 0.324 e. The Morgan fingerprint density at radius 1 is 1.13 bits per heavy atom. The molecule has 206 valence electrons. The Morgan fingerprint density at radius 2 is 1.92 bits per heavy atom. The molecule has 1 aromatic carbocycles. The number of nitrogens with zero attached hydrogens (tertiary/aromatic N) is 5. The van der Waals surface area contributed by atoms with E-state index < -0.39 is 27.8 Å². The van der Waals surface area contributed by atoms with Crippen molar-refractivity contribution in [2.75, 3.05) is 42.3 Å². The summed E-state index contributed by atoms with van der Waals surface area (Å²) in [7, 11) is -4.14. The lowest BCUT2D eigenvalue weighted by Crippen LogP contribution is -2.41. The highest BCUT2D eigenvalue weighted by atomic mass is 35.5. The fraction of sp³-hybridized carbons (Fsp3) is 0.346. The van der Waals surface area contributed by atoms with Gasteiger partial charge in [0.2, 0.25) is 10.0 Å². The first-order chi connectivity index (χ1) is 18.7. The van der Waals surface area contributed by atoms with Gasteiger partial charge in [0.1, 0.15) is 17.6 Å². The minimum absolute atomic E-state index is 0.0105. The summed E-state index contributed by atoms with van der Waals surface area (Å²) in [6.07, 6.45) is 7.18. The average Bonchev–Trinajstić information content (AvgIpc) is 3.57. The minimum Gasteiger partial charge on any atom is -0.480 e. The van der Waals surface area contributed by atoms with E-state index >= 15 is 0 Å². The van der Waals surface area contributed by atoms with Crippen molar-refractivity contribution in [3.8, 4) is 5.82 Å². The molecule has 1 atom stereocenters. The fourth-order valence-corrected chi connectivity index (χ4v) is 7.40. The van der Waals surface area contributed by atoms with Gasteiger partial charge in [-0.05, 0) is 74.5 Å². The summed E-state index contributed by atoms with van der Waals surface area (Å²) in [6.45, 7) is 3.31. The van der Waals surface area contributed by atoms with Gasteiger partial charge in [0.25, 0.3) is 0 Å². The SMILES string of the molecule is O=C(O)CN(c1ccc2c(ccn2-c2ccc(NCCN3CCCC3)nn2)c1)S(=O)(=O)C1C=C(Cl)C=C(Cl)C1. The third-order valence-electron chi connectivity index (χ3n) is 6.80. The number of carboxylic acids is 1. The quantitative estimate of drug-likeness (QED) is 0.361. The van der Waals surface area contributed by atoms with Crippen molar-refractivity contribution in [2.24, 2.45) is 0 Å². The van der Waals surface area contributed by atoms with Crippen molar-refractivity contribution >= 4 is 61.6 Å². The second kappa shape index (κ2) is 11.5. The molecule has 39 heavy (non-hydrogen) atoms. The number of benzene rings is 1. The van der Waals surface area contributed by atoms with Gasteiger partial charge >= 0.3 is 5.97 Å². The summed E-state index contributed by atoms with van der Waals surface area (Å²) < 4.78 is 29.7. The Kier molecular flexibility index (Phi) is 8.13. The highest BCUT2D eigenvalue weighted by Crippen LogP contribution is 2.32. The lowest BCUT2D eigenvalue weighted by Gasteiger charge is -2.28. The molecule has 2 aromatic heterocycles. The van der Waals surface area contributed by atoms with Gasteiger partial charge in [0.05, 0.1) is 11.2 Å². The molecule has 0 saturated carbocycles. The van der Waals surface area contributed by atoms with E-state index in [1.807, 2.05) is 29.0 Å². The zero-order chi connectivity index (χ0) is 27.6. The third kappa shape index (κ3) is 6.22. The maximum atomic E-state index is 13.5. The molecular weight excluding hydrogens is 563 g/mol. The van der Waals surface area contributed by atoms with E-state index in [-0.39, 0.29) is 22.2 Å². The second-order valence-corrected chi connectivity index (χ2v) is 12.5. The molecule has 1 unspecified atom stereocenters. The van der Waals surface area contributed by atoms with Gasteiger partial charge in [0, 0.05) is 41.2 Å². The molecule has 0 radical (unpaired) electrons. The number of sulfonamides is 1. The Labute approximate surface area is 236 Å². The fourth-order valence-electron chi connectivity index (χ4n) is 4.87. The Bertz CT molecular complexity index is 1530. The van der Waals surface area contributed by atoms with Crippen LogP contribution in [0, 0.1) is 0 Å². The monoisotopic (exact) mass is 590 g/mol. The molecule has 13 heteroatoms. The highest BCUT2D eigenvalue weighted by molar-refractivity contribution is 7.93. The Hall–Kier alpha value is -3.12. The van der Waals surface area contributed by atoms with E-state index in [0.29, 0.717) is 17.0 Å². The summed E-state index contributed by atoms with van der Waals surface area (Å²) in [5, 5.41) is 21.5. The van der Waals surface area contributed by atoms with Gasteiger partial charge in [-0.15, -0.1) is 10.2 Å². The Balaban J connectivity index is 1.36. The zero-order valence-corrected chi connectivity index (χ0v) is 23.3. The summed E-state index contributed by atoms with van der Waals surface area (Å²) in [4.78, 5) is 14.1. The largest absolute Gasteiger partial charge is 0.480 e. The van der Waals surface area contributed by atoms with Crippen LogP contribution in [-0.4, -0.2) is 77.1 Å². The van der Waals surface area contributed by atoms with Crippen LogP contribution in [0.15, 0.2) is 64.8 Å². The number of fused-ring (bicyclic) bond motifs is 1. The number of hydrogen-bond acceptors (Lipinski definition) is 7. The smallest absolute Gasteiger partial charge is 0.324 e. The first kappa shape index (κ1) is 27.4.